The average Bonchev–Trinajstić information content (AvgIpc) is 3.22. The Morgan fingerprint density at radius 2 is 1.80 bits per heavy atom. The number of Topliss-reactive ketones (excluding diaryl/α,β-unsaturated/α-hetero) is 1. The Balaban J connectivity index is 1.44. The highest BCUT2D eigenvalue weighted by molar-refractivity contribution is 6.30. The first-order chi connectivity index (χ1) is 19.4. The molecular weight excluding hydrogens is 552 g/mol. The number of carbonyl (C=O) groups excluding carboxylic acids is 2. The summed E-state index contributed by atoms with van der Waals surface area (Å²) >= 11 is 6.37. The van der Waals surface area contributed by atoms with Gasteiger partial charge in [0.2, 0.25) is 0 Å². The predicted octanol–water partition coefficient (Wildman–Crippen LogP) is 7.26. The van der Waals surface area contributed by atoms with Crippen molar-refractivity contribution < 1.29 is 27.8 Å². The van der Waals surface area contributed by atoms with Crippen molar-refractivity contribution in [2.45, 2.75) is 58.8 Å². The molecule has 0 radical (unpaired) electrons. The topological polar surface area (TPSA) is 73.1 Å². The largest absolute Gasteiger partial charge is 0.485 e. The summed E-state index contributed by atoms with van der Waals surface area (Å²) in [4.78, 5) is 32.9. The van der Waals surface area contributed by atoms with Crippen molar-refractivity contribution in [3.8, 4) is 5.75 Å². The van der Waals surface area contributed by atoms with Crippen LogP contribution in [-0.4, -0.2) is 38.3 Å². The maximum Gasteiger partial charge on any atom is 0.410 e. The molecule has 0 aliphatic carbocycles. The highest BCUT2D eigenvalue weighted by Gasteiger charge is 2.33. The second-order valence-corrected chi connectivity index (χ2v) is 11.6. The molecule has 3 heterocycles. The number of ketones is 1. The van der Waals surface area contributed by atoms with Gasteiger partial charge in [-0.1, -0.05) is 41.9 Å². The van der Waals surface area contributed by atoms with Gasteiger partial charge in [0.25, 0.3) is 0 Å². The molecule has 2 aromatic carbocycles. The number of pyridine rings is 1. The Labute approximate surface area is 241 Å². The zero-order valence-electron chi connectivity index (χ0n) is 23.2. The zero-order valence-corrected chi connectivity index (χ0v) is 24.0. The third-order valence-electron chi connectivity index (χ3n) is 6.91. The van der Waals surface area contributed by atoms with Gasteiger partial charge in [0.15, 0.2) is 17.2 Å². The van der Waals surface area contributed by atoms with Crippen LogP contribution >= 0.6 is 11.6 Å². The number of halogens is 3. The molecule has 0 N–H and O–H groups in total. The number of hydrogen-bond acceptors (Lipinski definition) is 5. The molecule has 0 saturated carbocycles. The molecule has 10 heteroatoms. The lowest BCUT2D eigenvalue weighted by Crippen LogP contribution is -2.42. The van der Waals surface area contributed by atoms with E-state index in [9.17, 15) is 18.4 Å². The Morgan fingerprint density at radius 1 is 1.10 bits per heavy atom. The van der Waals surface area contributed by atoms with E-state index in [2.05, 4.69) is 4.98 Å². The van der Waals surface area contributed by atoms with E-state index in [1.54, 1.807) is 22.4 Å². The quantitative estimate of drug-likeness (QED) is 0.224. The molecule has 1 aliphatic heterocycles. The van der Waals surface area contributed by atoms with Crippen LogP contribution < -0.4 is 4.74 Å². The van der Waals surface area contributed by atoms with Gasteiger partial charge in [-0.25, -0.2) is 18.6 Å². The first-order valence-corrected chi connectivity index (χ1v) is 13.6. The third-order valence-corrected chi connectivity index (χ3v) is 7.11. The number of aromatic nitrogens is 2. The second kappa shape index (κ2) is 11.1. The number of rotatable bonds is 6. The molecule has 4 aromatic rings. The van der Waals surface area contributed by atoms with E-state index in [-0.39, 0.29) is 41.1 Å². The van der Waals surface area contributed by atoms with Crippen molar-refractivity contribution in [3.05, 3.63) is 99.5 Å². The molecule has 5 rings (SSSR count). The first-order valence-electron chi connectivity index (χ1n) is 13.2. The van der Waals surface area contributed by atoms with Gasteiger partial charge in [0.1, 0.15) is 29.5 Å². The summed E-state index contributed by atoms with van der Waals surface area (Å²) in [6.45, 7) is 7.47. The number of amides is 1. The summed E-state index contributed by atoms with van der Waals surface area (Å²) in [5.41, 5.74) is 2.15. The summed E-state index contributed by atoms with van der Waals surface area (Å²) in [6, 6.07) is 12.8. The van der Waals surface area contributed by atoms with Gasteiger partial charge in [0.05, 0.1) is 16.3 Å². The standard InChI is InChI=1S/C31H30ClF2N3O4/c1-18-28(37-16-21(32)13-27(29(37)35-18)40-17-23-24(33)10-7-11-25(23)34)26(38)12-20-15-36(30(39)41-31(2,3)4)14-19-8-5-6-9-22(19)20/h5-11,13,16,20H,12,14-15,17H2,1-4H3. The molecule has 1 amide bonds. The molecule has 0 spiro atoms. The number of carbonyl (C=O) groups is 2. The number of benzene rings is 2. The number of imidazole rings is 1. The number of fused-ring (bicyclic) bond motifs is 2. The minimum absolute atomic E-state index is 0.105. The van der Waals surface area contributed by atoms with Crippen LogP contribution in [-0.2, 0) is 17.9 Å². The molecule has 1 unspecified atom stereocenters. The highest BCUT2D eigenvalue weighted by atomic mass is 35.5. The van der Waals surface area contributed by atoms with Gasteiger partial charge in [-0.2, -0.15) is 0 Å². The van der Waals surface area contributed by atoms with Crippen molar-refractivity contribution in [2.75, 3.05) is 6.54 Å². The van der Waals surface area contributed by atoms with E-state index in [1.807, 2.05) is 45.0 Å². The van der Waals surface area contributed by atoms with Crippen LogP contribution in [0, 0.1) is 18.6 Å². The van der Waals surface area contributed by atoms with Crippen LogP contribution in [0.15, 0.2) is 54.7 Å². The minimum atomic E-state index is -0.730. The molecule has 0 saturated heterocycles. The Bertz CT molecular complexity index is 1630. The molecule has 7 nitrogen and oxygen atoms in total. The third kappa shape index (κ3) is 6.05. The summed E-state index contributed by atoms with van der Waals surface area (Å²) in [6.07, 6.45) is 1.23. The van der Waals surface area contributed by atoms with Gasteiger partial charge in [-0.05, 0) is 51.0 Å². The van der Waals surface area contributed by atoms with Crippen molar-refractivity contribution in [3.63, 3.8) is 0 Å². The minimum Gasteiger partial charge on any atom is -0.485 e. The molecule has 214 valence electrons. The summed E-state index contributed by atoms with van der Waals surface area (Å²) in [5.74, 6) is -1.75. The molecule has 0 fully saturated rings. The van der Waals surface area contributed by atoms with Crippen LogP contribution in [0.3, 0.4) is 0 Å². The molecular formula is C31H30ClF2N3O4. The monoisotopic (exact) mass is 581 g/mol. The maximum absolute atomic E-state index is 14.2. The number of hydrogen-bond donors (Lipinski definition) is 0. The van der Waals surface area contributed by atoms with Gasteiger partial charge in [-0.15, -0.1) is 0 Å². The van der Waals surface area contributed by atoms with Crippen LogP contribution in [0.4, 0.5) is 13.6 Å². The highest BCUT2D eigenvalue weighted by Crippen LogP contribution is 2.34. The lowest BCUT2D eigenvalue weighted by molar-refractivity contribution is 0.0202. The van der Waals surface area contributed by atoms with Crippen LogP contribution in [0.1, 0.15) is 66.0 Å². The molecule has 41 heavy (non-hydrogen) atoms. The fraction of sp³-hybridized carbons (Fsp3) is 0.323. The Hall–Kier alpha value is -3.98. The summed E-state index contributed by atoms with van der Waals surface area (Å²) < 4.78 is 41.2. The Kier molecular flexibility index (Phi) is 7.74. The SMILES string of the molecule is Cc1nc2c(OCc3c(F)cccc3F)cc(Cl)cn2c1C(=O)CC1CN(C(=O)OC(C)(C)C)Cc2ccccc21. The van der Waals surface area contributed by atoms with E-state index in [0.717, 1.165) is 23.3 Å². The average molecular weight is 582 g/mol. The lowest BCUT2D eigenvalue weighted by atomic mass is 9.86. The molecule has 1 aliphatic rings. The predicted molar refractivity (Wildman–Crippen MR) is 150 cm³/mol. The normalized spacial score (nSPS) is 15.1. The molecule has 1 atom stereocenters. The Morgan fingerprint density at radius 3 is 2.51 bits per heavy atom. The van der Waals surface area contributed by atoms with Crippen molar-refractivity contribution in [1.29, 1.82) is 0 Å². The lowest BCUT2D eigenvalue weighted by Gasteiger charge is -2.35. The zero-order chi connectivity index (χ0) is 29.5. The number of nitrogens with zero attached hydrogens (tertiary/aromatic N) is 3. The maximum atomic E-state index is 14.2. The second-order valence-electron chi connectivity index (χ2n) is 11.1. The van der Waals surface area contributed by atoms with Crippen LogP contribution in [0.5, 0.6) is 5.75 Å². The fourth-order valence-corrected chi connectivity index (χ4v) is 5.33. The first kappa shape index (κ1) is 28.5. The van der Waals surface area contributed by atoms with E-state index < -0.39 is 23.3 Å². The molecule has 0 bridgehead atoms. The van der Waals surface area contributed by atoms with Gasteiger partial charge < -0.3 is 14.4 Å². The van der Waals surface area contributed by atoms with E-state index in [4.69, 9.17) is 21.1 Å². The van der Waals surface area contributed by atoms with E-state index in [1.165, 1.54) is 12.1 Å². The van der Waals surface area contributed by atoms with Gasteiger partial charge >= 0.3 is 6.09 Å². The van der Waals surface area contributed by atoms with E-state index >= 15 is 0 Å². The smallest absolute Gasteiger partial charge is 0.410 e. The van der Waals surface area contributed by atoms with E-state index in [0.29, 0.717) is 30.1 Å². The summed E-state index contributed by atoms with van der Waals surface area (Å²) in [7, 11) is 0. The number of aryl methyl sites for hydroxylation is 1. The van der Waals surface area contributed by atoms with Crippen LogP contribution in [0.2, 0.25) is 5.02 Å². The van der Waals surface area contributed by atoms with Gasteiger partial charge in [-0.3, -0.25) is 9.20 Å². The number of ether oxygens (including phenoxy) is 2. The summed E-state index contributed by atoms with van der Waals surface area (Å²) in [5, 5.41) is 0.257. The van der Waals surface area contributed by atoms with Crippen molar-refractivity contribution in [1.82, 2.24) is 14.3 Å². The van der Waals surface area contributed by atoms with Crippen molar-refractivity contribution >= 4 is 29.1 Å². The van der Waals surface area contributed by atoms with Gasteiger partial charge in [0, 0.05) is 37.7 Å². The van der Waals surface area contributed by atoms with Crippen molar-refractivity contribution in [2.24, 2.45) is 0 Å². The molecule has 2 aromatic heterocycles. The fourth-order valence-electron chi connectivity index (χ4n) is 5.13. The van der Waals surface area contributed by atoms with Crippen LogP contribution in [0.25, 0.3) is 5.65 Å².